The molecular formula is C20H23NO3S. The molecule has 1 aromatic heterocycles. The zero-order chi connectivity index (χ0) is 18.0. The minimum atomic E-state index is -1.01. The second kappa shape index (κ2) is 7.40. The minimum Gasteiger partial charge on any atom is -0.478 e. The van der Waals surface area contributed by atoms with Crippen molar-refractivity contribution >= 4 is 28.2 Å². The van der Waals surface area contributed by atoms with Crippen LogP contribution in [-0.4, -0.2) is 17.0 Å². The number of carbonyl (C=O) groups is 2. The zero-order valence-corrected chi connectivity index (χ0v) is 15.4. The summed E-state index contributed by atoms with van der Waals surface area (Å²) in [7, 11) is 0. The fourth-order valence-corrected chi connectivity index (χ4v) is 4.30. The van der Waals surface area contributed by atoms with Crippen molar-refractivity contribution < 1.29 is 14.7 Å². The van der Waals surface area contributed by atoms with Crippen molar-refractivity contribution in [3.63, 3.8) is 0 Å². The van der Waals surface area contributed by atoms with E-state index in [-0.39, 0.29) is 17.4 Å². The normalized spacial score (nSPS) is 13.6. The fraction of sp³-hybridized carbons (Fsp3) is 0.400. The van der Waals surface area contributed by atoms with E-state index in [0.29, 0.717) is 17.0 Å². The lowest BCUT2D eigenvalue weighted by Gasteiger charge is -2.16. The first-order valence-electron chi connectivity index (χ1n) is 8.72. The largest absolute Gasteiger partial charge is 0.478 e. The van der Waals surface area contributed by atoms with E-state index in [1.54, 1.807) is 0 Å². The lowest BCUT2D eigenvalue weighted by molar-refractivity contribution is -0.116. The van der Waals surface area contributed by atoms with Gasteiger partial charge in [-0.1, -0.05) is 32.0 Å². The first-order chi connectivity index (χ1) is 12.0. The molecule has 5 heteroatoms. The number of hydrogen-bond acceptors (Lipinski definition) is 3. The number of amides is 1. The average Bonchev–Trinajstić information content (AvgIpc) is 2.97. The molecule has 0 saturated carbocycles. The Labute approximate surface area is 151 Å². The van der Waals surface area contributed by atoms with Gasteiger partial charge in [0.1, 0.15) is 10.6 Å². The number of rotatable bonds is 5. The summed E-state index contributed by atoms with van der Waals surface area (Å²) < 4.78 is 0. The molecule has 0 aliphatic heterocycles. The molecular weight excluding hydrogens is 334 g/mol. The van der Waals surface area contributed by atoms with Crippen LogP contribution in [0.1, 0.15) is 54.6 Å². The second-order valence-electron chi connectivity index (χ2n) is 7.00. The maximum atomic E-state index is 12.0. The number of aryl methyl sites for hydroxylation is 2. The maximum Gasteiger partial charge on any atom is 0.339 e. The third kappa shape index (κ3) is 3.93. The second-order valence-corrected chi connectivity index (χ2v) is 7.88. The van der Waals surface area contributed by atoms with Gasteiger partial charge in [0, 0.05) is 17.4 Å². The van der Waals surface area contributed by atoms with Crippen LogP contribution in [0.4, 0.5) is 5.00 Å². The summed E-state index contributed by atoms with van der Waals surface area (Å²) in [6, 6.07) is 6.23. The van der Waals surface area contributed by atoms with E-state index in [4.69, 9.17) is 0 Å². The van der Waals surface area contributed by atoms with Crippen molar-refractivity contribution in [2.24, 2.45) is 5.92 Å². The minimum absolute atomic E-state index is 0.142. The van der Waals surface area contributed by atoms with Gasteiger partial charge >= 0.3 is 5.97 Å². The van der Waals surface area contributed by atoms with Gasteiger partial charge in [0.15, 0.2) is 0 Å². The van der Waals surface area contributed by atoms with E-state index in [9.17, 15) is 14.7 Å². The van der Waals surface area contributed by atoms with E-state index >= 15 is 0 Å². The highest BCUT2D eigenvalue weighted by molar-refractivity contribution is 7.15. The lowest BCUT2D eigenvalue weighted by Crippen LogP contribution is -2.15. The number of carboxylic acids is 1. The summed E-state index contributed by atoms with van der Waals surface area (Å²) in [4.78, 5) is 23.9. The maximum absolute atomic E-state index is 12.0. The van der Waals surface area contributed by atoms with Crippen LogP contribution in [0.2, 0.25) is 0 Å². The Balaban J connectivity index is 1.94. The van der Waals surface area contributed by atoms with Gasteiger partial charge in [-0.15, -0.1) is 11.3 Å². The number of benzene rings is 1. The number of carbonyl (C=O) groups excluding carboxylic acids is 1. The van der Waals surface area contributed by atoms with Crippen LogP contribution >= 0.6 is 11.3 Å². The van der Waals surface area contributed by atoms with Crippen LogP contribution < -0.4 is 5.32 Å². The molecule has 3 rings (SSSR count). The SMILES string of the molecule is CC(C)CC(=O)Nc1scc(-c2ccc3c(c2)CCCC3)c1C(=O)O. The van der Waals surface area contributed by atoms with Gasteiger partial charge in [-0.2, -0.15) is 0 Å². The number of carboxylic acid groups (broad SMARTS) is 1. The van der Waals surface area contributed by atoms with E-state index in [1.807, 2.05) is 25.3 Å². The molecule has 0 saturated heterocycles. The van der Waals surface area contributed by atoms with Gasteiger partial charge in [-0.3, -0.25) is 4.79 Å². The van der Waals surface area contributed by atoms with Crippen LogP contribution in [0.15, 0.2) is 23.6 Å². The Kier molecular flexibility index (Phi) is 5.23. The molecule has 1 heterocycles. The molecule has 2 aromatic rings. The topological polar surface area (TPSA) is 66.4 Å². The van der Waals surface area contributed by atoms with Crippen molar-refractivity contribution in [2.75, 3.05) is 5.32 Å². The standard InChI is InChI=1S/C20H23NO3S/c1-12(2)9-17(22)21-19-18(20(23)24)16(11-25-19)15-8-7-13-5-3-4-6-14(13)10-15/h7-8,10-12H,3-6,9H2,1-2H3,(H,21,22)(H,23,24). The Hall–Kier alpha value is -2.14. The summed E-state index contributed by atoms with van der Waals surface area (Å²) in [6.07, 6.45) is 4.93. The van der Waals surface area contributed by atoms with Gasteiger partial charge in [0.05, 0.1) is 0 Å². The third-order valence-corrected chi connectivity index (χ3v) is 5.41. The number of fused-ring (bicyclic) bond motifs is 1. The number of anilines is 1. The highest BCUT2D eigenvalue weighted by atomic mass is 32.1. The van der Waals surface area contributed by atoms with Crippen molar-refractivity contribution in [3.8, 4) is 11.1 Å². The molecule has 2 N–H and O–H groups in total. The number of hydrogen-bond donors (Lipinski definition) is 2. The number of nitrogens with one attached hydrogen (secondary N) is 1. The van der Waals surface area contributed by atoms with Crippen molar-refractivity contribution in [1.29, 1.82) is 0 Å². The van der Waals surface area contributed by atoms with Gasteiger partial charge in [0.2, 0.25) is 5.91 Å². The summed E-state index contributed by atoms with van der Waals surface area (Å²) in [5, 5.41) is 14.7. The smallest absolute Gasteiger partial charge is 0.339 e. The highest BCUT2D eigenvalue weighted by Gasteiger charge is 2.22. The van der Waals surface area contributed by atoms with E-state index < -0.39 is 5.97 Å². The molecule has 1 aliphatic rings. The van der Waals surface area contributed by atoms with Crippen molar-refractivity contribution in [1.82, 2.24) is 0 Å². The van der Waals surface area contributed by atoms with Crippen molar-refractivity contribution in [2.45, 2.75) is 46.0 Å². The molecule has 132 valence electrons. The summed E-state index contributed by atoms with van der Waals surface area (Å²) in [6.45, 7) is 3.93. The van der Waals surface area contributed by atoms with Gasteiger partial charge in [-0.05, 0) is 48.3 Å². The number of aromatic carboxylic acids is 1. The Morgan fingerprint density at radius 2 is 1.92 bits per heavy atom. The van der Waals surface area contributed by atoms with Gasteiger partial charge < -0.3 is 10.4 Å². The van der Waals surface area contributed by atoms with E-state index in [1.165, 1.54) is 35.3 Å². The van der Waals surface area contributed by atoms with Gasteiger partial charge in [-0.25, -0.2) is 4.79 Å². The first kappa shape index (κ1) is 17.7. The Bertz CT molecular complexity index is 807. The predicted molar refractivity (Wildman–Crippen MR) is 101 cm³/mol. The van der Waals surface area contributed by atoms with Crippen LogP contribution in [0, 0.1) is 5.92 Å². The van der Waals surface area contributed by atoms with E-state index in [0.717, 1.165) is 18.4 Å². The summed E-state index contributed by atoms with van der Waals surface area (Å²) in [5.41, 5.74) is 4.48. The molecule has 0 radical (unpaired) electrons. The van der Waals surface area contributed by atoms with E-state index in [2.05, 4.69) is 17.4 Å². The first-order valence-corrected chi connectivity index (χ1v) is 9.60. The average molecular weight is 357 g/mol. The zero-order valence-electron chi connectivity index (χ0n) is 14.6. The van der Waals surface area contributed by atoms with Crippen LogP contribution in [0.25, 0.3) is 11.1 Å². The molecule has 0 fully saturated rings. The summed E-state index contributed by atoms with van der Waals surface area (Å²) in [5.74, 6) is -0.918. The van der Waals surface area contributed by atoms with Crippen molar-refractivity contribution in [3.05, 3.63) is 40.3 Å². The number of thiophene rings is 1. The molecule has 0 atom stereocenters. The Morgan fingerprint density at radius 1 is 1.20 bits per heavy atom. The lowest BCUT2D eigenvalue weighted by atomic mass is 9.89. The predicted octanol–water partition coefficient (Wildman–Crippen LogP) is 4.98. The molecule has 0 unspecified atom stereocenters. The molecule has 1 amide bonds. The molecule has 1 aromatic carbocycles. The Morgan fingerprint density at radius 3 is 2.60 bits per heavy atom. The molecule has 0 bridgehead atoms. The monoisotopic (exact) mass is 357 g/mol. The summed E-state index contributed by atoms with van der Waals surface area (Å²) >= 11 is 1.28. The van der Waals surface area contributed by atoms with Crippen LogP contribution in [0.3, 0.4) is 0 Å². The molecule has 25 heavy (non-hydrogen) atoms. The third-order valence-electron chi connectivity index (χ3n) is 4.51. The molecule has 1 aliphatic carbocycles. The van der Waals surface area contributed by atoms with Crippen LogP contribution in [-0.2, 0) is 17.6 Å². The quantitative estimate of drug-likeness (QED) is 0.793. The highest BCUT2D eigenvalue weighted by Crippen LogP contribution is 2.37. The molecule has 0 spiro atoms. The van der Waals surface area contributed by atoms with Crippen LogP contribution in [0.5, 0.6) is 0 Å². The fourth-order valence-electron chi connectivity index (χ4n) is 3.32. The molecule has 4 nitrogen and oxygen atoms in total. The van der Waals surface area contributed by atoms with Gasteiger partial charge in [0.25, 0.3) is 0 Å².